The molecule has 2 saturated heterocycles. The van der Waals surface area contributed by atoms with Crippen LogP contribution in [-0.4, -0.2) is 72.5 Å². The first-order chi connectivity index (χ1) is 13.0. The number of piperidine rings is 1. The van der Waals surface area contributed by atoms with E-state index in [1.807, 2.05) is 6.07 Å². The first-order valence-electron chi connectivity index (χ1n) is 9.64. The van der Waals surface area contributed by atoms with E-state index in [9.17, 15) is 0 Å². The molecule has 3 rings (SSSR count). The van der Waals surface area contributed by atoms with Crippen molar-refractivity contribution in [2.45, 2.75) is 20.3 Å². The minimum absolute atomic E-state index is 0.421. The number of morpholine rings is 1. The molecule has 0 aliphatic carbocycles. The fourth-order valence-corrected chi connectivity index (χ4v) is 4.14. The molecule has 27 heavy (non-hydrogen) atoms. The molecule has 2 fully saturated rings. The van der Waals surface area contributed by atoms with Crippen molar-refractivity contribution >= 4 is 40.7 Å². The van der Waals surface area contributed by atoms with Crippen LogP contribution in [0.4, 0.5) is 11.8 Å². The Balaban J connectivity index is 1.53. The highest BCUT2D eigenvalue weighted by Crippen LogP contribution is 2.26. The quantitative estimate of drug-likeness (QED) is 0.563. The largest absolute Gasteiger partial charge is 0.379 e. The Morgan fingerprint density at radius 3 is 2.67 bits per heavy atom. The van der Waals surface area contributed by atoms with Crippen LogP contribution in [0.1, 0.15) is 20.3 Å². The van der Waals surface area contributed by atoms with Crippen LogP contribution in [0, 0.1) is 11.8 Å². The molecule has 0 radical (unpaired) electrons. The lowest BCUT2D eigenvalue weighted by Gasteiger charge is -2.35. The third-order valence-electron chi connectivity index (χ3n) is 4.92. The minimum Gasteiger partial charge on any atom is -0.379 e. The number of thiocarbonyl (C=S) groups is 1. The number of nitrogens with zero attached hydrogens (tertiary/aromatic N) is 4. The molecule has 7 nitrogen and oxygen atoms in total. The zero-order valence-corrected chi connectivity index (χ0v) is 17.7. The third kappa shape index (κ3) is 6.41. The Labute approximate surface area is 171 Å². The summed E-state index contributed by atoms with van der Waals surface area (Å²) >= 11 is 11.6. The highest BCUT2D eigenvalue weighted by Gasteiger charge is 2.23. The summed E-state index contributed by atoms with van der Waals surface area (Å²) in [6.07, 6.45) is 1.25. The number of halogens is 1. The van der Waals surface area contributed by atoms with Crippen LogP contribution in [0.5, 0.6) is 0 Å². The summed E-state index contributed by atoms with van der Waals surface area (Å²) in [5, 5.41) is 7.21. The summed E-state index contributed by atoms with van der Waals surface area (Å²) in [6.45, 7) is 11.8. The fraction of sp³-hybridized carbons (Fsp3) is 0.722. The maximum atomic E-state index is 6.23. The van der Waals surface area contributed by atoms with E-state index in [4.69, 9.17) is 28.6 Å². The monoisotopic (exact) mass is 412 g/mol. The minimum atomic E-state index is 0.421. The molecule has 2 atom stereocenters. The Morgan fingerprint density at radius 1 is 1.26 bits per heavy atom. The molecular weight excluding hydrogens is 384 g/mol. The molecule has 3 heterocycles. The third-order valence-corrected chi connectivity index (χ3v) is 5.36. The van der Waals surface area contributed by atoms with Crippen molar-refractivity contribution in [3.63, 3.8) is 0 Å². The lowest BCUT2D eigenvalue weighted by Crippen LogP contribution is -2.42. The smallest absolute Gasteiger partial charge is 0.232 e. The van der Waals surface area contributed by atoms with Gasteiger partial charge in [0.15, 0.2) is 5.11 Å². The van der Waals surface area contributed by atoms with Gasteiger partial charge in [-0.3, -0.25) is 4.90 Å². The average molecular weight is 413 g/mol. The topological polar surface area (TPSA) is 65.6 Å². The van der Waals surface area contributed by atoms with Crippen molar-refractivity contribution in [1.82, 2.24) is 20.2 Å². The number of hydrogen-bond donors (Lipinski definition) is 2. The molecule has 0 spiro atoms. The zero-order chi connectivity index (χ0) is 19.2. The van der Waals surface area contributed by atoms with Crippen molar-refractivity contribution in [2.24, 2.45) is 11.8 Å². The van der Waals surface area contributed by atoms with E-state index in [0.29, 0.717) is 28.0 Å². The number of nitrogens with one attached hydrogen (secondary N) is 2. The normalized spacial score (nSPS) is 23.9. The summed E-state index contributed by atoms with van der Waals surface area (Å²) < 4.78 is 5.36. The molecule has 2 aliphatic heterocycles. The number of anilines is 2. The second kappa shape index (κ2) is 9.82. The van der Waals surface area contributed by atoms with E-state index in [2.05, 4.69) is 44.2 Å². The number of rotatable bonds is 5. The van der Waals surface area contributed by atoms with Gasteiger partial charge in [-0.25, -0.2) is 4.98 Å². The van der Waals surface area contributed by atoms with Gasteiger partial charge in [0.05, 0.1) is 13.2 Å². The highest BCUT2D eigenvalue weighted by atomic mass is 35.5. The summed E-state index contributed by atoms with van der Waals surface area (Å²) in [6, 6.07) is 1.83. The lowest BCUT2D eigenvalue weighted by molar-refractivity contribution is 0.0389. The van der Waals surface area contributed by atoms with Gasteiger partial charge in [-0.05, 0) is 30.5 Å². The van der Waals surface area contributed by atoms with Gasteiger partial charge in [0.2, 0.25) is 5.95 Å². The average Bonchev–Trinajstić information content (AvgIpc) is 2.61. The molecule has 2 aliphatic rings. The number of ether oxygens (including phenoxy) is 1. The Kier molecular flexibility index (Phi) is 7.46. The number of aromatic nitrogens is 2. The van der Waals surface area contributed by atoms with Crippen molar-refractivity contribution in [2.75, 3.05) is 62.7 Å². The van der Waals surface area contributed by atoms with Crippen LogP contribution >= 0.6 is 23.8 Å². The SMILES string of the molecule is CC1CC(C)CN(c2cc(Cl)nc(NC(=S)NCCN3CCOCC3)n2)C1. The molecule has 0 saturated carbocycles. The molecule has 150 valence electrons. The van der Waals surface area contributed by atoms with Gasteiger partial charge in [0.25, 0.3) is 0 Å². The van der Waals surface area contributed by atoms with Gasteiger partial charge in [0.1, 0.15) is 11.0 Å². The van der Waals surface area contributed by atoms with Gasteiger partial charge < -0.3 is 20.3 Å². The van der Waals surface area contributed by atoms with Crippen LogP contribution in [0.15, 0.2) is 6.07 Å². The fourth-order valence-electron chi connectivity index (χ4n) is 3.77. The molecule has 0 aromatic carbocycles. The summed E-state index contributed by atoms with van der Waals surface area (Å²) in [5.74, 6) is 2.57. The first-order valence-corrected chi connectivity index (χ1v) is 10.4. The van der Waals surface area contributed by atoms with Crippen LogP contribution in [-0.2, 0) is 4.74 Å². The highest BCUT2D eigenvalue weighted by molar-refractivity contribution is 7.80. The second-order valence-electron chi connectivity index (χ2n) is 7.56. The van der Waals surface area contributed by atoms with E-state index >= 15 is 0 Å². The van der Waals surface area contributed by atoms with Crippen molar-refractivity contribution < 1.29 is 4.74 Å². The molecule has 0 amide bonds. The van der Waals surface area contributed by atoms with Gasteiger partial charge in [-0.2, -0.15) is 4.98 Å². The zero-order valence-electron chi connectivity index (χ0n) is 16.1. The van der Waals surface area contributed by atoms with E-state index in [1.54, 1.807) is 0 Å². The van der Waals surface area contributed by atoms with E-state index in [-0.39, 0.29) is 0 Å². The maximum absolute atomic E-state index is 6.23. The van der Waals surface area contributed by atoms with E-state index in [0.717, 1.165) is 58.3 Å². The summed E-state index contributed by atoms with van der Waals surface area (Å²) in [4.78, 5) is 13.5. The van der Waals surface area contributed by atoms with Gasteiger partial charge in [0, 0.05) is 45.3 Å². The Hall–Kier alpha value is -1.22. The second-order valence-corrected chi connectivity index (χ2v) is 8.35. The van der Waals surface area contributed by atoms with E-state index < -0.39 is 0 Å². The predicted octanol–water partition coefficient (Wildman–Crippen LogP) is 2.23. The lowest BCUT2D eigenvalue weighted by atomic mass is 9.92. The van der Waals surface area contributed by atoms with Crippen LogP contribution in [0.25, 0.3) is 0 Å². The van der Waals surface area contributed by atoms with Crippen LogP contribution in [0.2, 0.25) is 5.15 Å². The van der Waals surface area contributed by atoms with Crippen molar-refractivity contribution in [3.05, 3.63) is 11.2 Å². The Morgan fingerprint density at radius 2 is 1.96 bits per heavy atom. The van der Waals surface area contributed by atoms with Gasteiger partial charge in [-0.1, -0.05) is 25.4 Å². The first kappa shape index (κ1) is 20.5. The molecule has 1 aromatic rings. The molecule has 9 heteroatoms. The Bertz CT molecular complexity index is 632. The van der Waals surface area contributed by atoms with Gasteiger partial charge >= 0.3 is 0 Å². The van der Waals surface area contributed by atoms with E-state index in [1.165, 1.54) is 6.42 Å². The molecule has 2 unspecified atom stereocenters. The maximum Gasteiger partial charge on any atom is 0.232 e. The standard InChI is InChI=1S/C18H29ClN6OS/c1-13-9-14(2)12-25(11-13)16-10-15(19)21-17(22-16)23-18(27)20-3-4-24-5-7-26-8-6-24/h10,13-14H,3-9,11-12H2,1-2H3,(H2,20,21,22,23,27). The number of hydrogen-bond acceptors (Lipinski definition) is 6. The van der Waals surface area contributed by atoms with Gasteiger partial charge in [-0.15, -0.1) is 0 Å². The molecule has 1 aromatic heterocycles. The van der Waals surface area contributed by atoms with Crippen molar-refractivity contribution in [3.8, 4) is 0 Å². The predicted molar refractivity (Wildman–Crippen MR) is 114 cm³/mol. The van der Waals surface area contributed by atoms with Crippen LogP contribution < -0.4 is 15.5 Å². The molecular formula is C18H29ClN6OS. The molecule has 2 N–H and O–H groups in total. The van der Waals surface area contributed by atoms with Crippen molar-refractivity contribution in [1.29, 1.82) is 0 Å². The molecule has 0 bridgehead atoms. The summed E-state index contributed by atoms with van der Waals surface area (Å²) in [5.41, 5.74) is 0. The van der Waals surface area contributed by atoms with Crippen LogP contribution in [0.3, 0.4) is 0 Å². The summed E-state index contributed by atoms with van der Waals surface area (Å²) in [7, 11) is 0.